The van der Waals surface area contributed by atoms with Gasteiger partial charge in [-0.1, -0.05) is 22.0 Å². The number of aryl methyl sites for hydroxylation is 2. The fourth-order valence-electron chi connectivity index (χ4n) is 1.48. The van der Waals surface area contributed by atoms with Crippen LogP contribution in [0.1, 0.15) is 22.7 Å². The zero-order valence-corrected chi connectivity index (χ0v) is 10.9. The van der Waals surface area contributed by atoms with Crippen molar-refractivity contribution in [2.75, 3.05) is 0 Å². The molecule has 1 nitrogen and oxygen atoms in total. The zero-order chi connectivity index (χ0) is 13.4. The largest absolute Gasteiger partial charge is 0.326 e. The van der Waals surface area contributed by atoms with Gasteiger partial charge in [0.1, 0.15) is 6.04 Å². The van der Waals surface area contributed by atoms with Crippen LogP contribution in [0, 0.1) is 13.8 Å². The highest BCUT2D eigenvalue weighted by Crippen LogP contribution is 2.37. The minimum atomic E-state index is -4.23. The normalized spacial score (nSPS) is 14.2. The van der Waals surface area contributed by atoms with E-state index in [9.17, 15) is 17.6 Å². The molecule has 96 valence electrons. The SMILES string of the molecule is Cc1cc(C(N)C(F)(F)C(F)F)c(C)cc1Br. The first-order valence-electron chi connectivity index (χ1n) is 4.86. The van der Waals surface area contributed by atoms with E-state index in [-0.39, 0.29) is 5.56 Å². The van der Waals surface area contributed by atoms with Crippen LogP contribution in [0.3, 0.4) is 0 Å². The van der Waals surface area contributed by atoms with Crippen molar-refractivity contribution >= 4 is 15.9 Å². The highest BCUT2D eigenvalue weighted by molar-refractivity contribution is 9.10. The van der Waals surface area contributed by atoms with E-state index >= 15 is 0 Å². The van der Waals surface area contributed by atoms with Gasteiger partial charge < -0.3 is 5.73 Å². The van der Waals surface area contributed by atoms with Gasteiger partial charge in [0.2, 0.25) is 0 Å². The predicted octanol–water partition coefficient (Wildman–Crippen LogP) is 3.97. The lowest BCUT2D eigenvalue weighted by atomic mass is 9.95. The van der Waals surface area contributed by atoms with Crippen molar-refractivity contribution < 1.29 is 17.6 Å². The maximum atomic E-state index is 13.2. The summed E-state index contributed by atoms with van der Waals surface area (Å²) in [6.45, 7) is 3.24. The third-order valence-electron chi connectivity index (χ3n) is 2.59. The van der Waals surface area contributed by atoms with Gasteiger partial charge in [-0.3, -0.25) is 0 Å². The number of hydrogen-bond acceptors (Lipinski definition) is 1. The van der Waals surface area contributed by atoms with Crippen molar-refractivity contribution in [3.63, 3.8) is 0 Å². The smallest absolute Gasteiger partial charge is 0.319 e. The summed E-state index contributed by atoms with van der Waals surface area (Å²) in [5.74, 6) is -4.23. The lowest BCUT2D eigenvalue weighted by Gasteiger charge is -2.24. The Morgan fingerprint density at radius 3 is 2.18 bits per heavy atom. The van der Waals surface area contributed by atoms with Crippen LogP contribution >= 0.6 is 15.9 Å². The Hall–Kier alpha value is -0.620. The summed E-state index contributed by atoms with van der Waals surface area (Å²) < 4.78 is 51.5. The van der Waals surface area contributed by atoms with Crippen LogP contribution in [-0.4, -0.2) is 12.3 Å². The number of alkyl halides is 4. The molecule has 0 spiro atoms. The summed E-state index contributed by atoms with van der Waals surface area (Å²) in [4.78, 5) is 0. The second-order valence-corrected chi connectivity index (χ2v) is 4.77. The molecule has 0 fully saturated rings. The molecule has 0 aromatic heterocycles. The Kier molecular flexibility index (Phi) is 4.19. The quantitative estimate of drug-likeness (QED) is 0.840. The summed E-state index contributed by atoms with van der Waals surface area (Å²) in [5, 5.41) is 0. The lowest BCUT2D eigenvalue weighted by Crippen LogP contribution is -2.39. The minimum Gasteiger partial charge on any atom is -0.319 e. The fourth-order valence-corrected chi connectivity index (χ4v) is 1.94. The van der Waals surface area contributed by atoms with Crippen molar-refractivity contribution in [2.45, 2.75) is 32.2 Å². The van der Waals surface area contributed by atoms with E-state index in [0.717, 1.165) is 4.47 Å². The van der Waals surface area contributed by atoms with E-state index in [1.165, 1.54) is 6.07 Å². The van der Waals surface area contributed by atoms with Crippen LogP contribution in [0.2, 0.25) is 0 Å². The third kappa shape index (κ3) is 2.80. The first kappa shape index (κ1) is 14.4. The van der Waals surface area contributed by atoms with E-state index in [4.69, 9.17) is 5.73 Å². The Morgan fingerprint density at radius 1 is 1.18 bits per heavy atom. The fraction of sp³-hybridized carbons (Fsp3) is 0.455. The van der Waals surface area contributed by atoms with Crippen LogP contribution in [-0.2, 0) is 0 Å². The topological polar surface area (TPSA) is 26.0 Å². The monoisotopic (exact) mass is 313 g/mol. The highest BCUT2D eigenvalue weighted by Gasteiger charge is 2.48. The molecule has 0 aliphatic heterocycles. The molecule has 1 aromatic rings. The van der Waals surface area contributed by atoms with Gasteiger partial charge >= 0.3 is 12.3 Å². The number of nitrogens with two attached hydrogens (primary N) is 1. The summed E-state index contributed by atoms with van der Waals surface area (Å²) in [5.41, 5.74) is 6.41. The van der Waals surface area contributed by atoms with Crippen LogP contribution in [0.4, 0.5) is 17.6 Å². The number of hydrogen-bond donors (Lipinski definition) is 1. The van der Waals surface area contributed by atoms with Gasteiger partial charge in [-0.25, -0.2) is 8.78 Å². The highest BCUT2D eigenvalue weighted by atomic mass is 79.9. The third-order valence-corrected chi connectivity index (χ3v) is 3.44. The second kappa shape index (κ2) is 4.94. The van der Waals surface area contributed by atoms with E-state index in [1.54, 1.807) is 19.9 Å². The van der Waals surface area contributed by atoms with Crippen LogP contribution in [0.5, 0.6) is 0 Å². The molecule has 0 heterocycles. The standard InChI is InChI=1S/C11H12BrF4N/c1-5-4-8(12)6(2)3-7(5)9(17)11(15,16)10(13)14/h3-4,9-10H,17H2,1-2H3. The van der Waals surface area contributed by atoms with Gasteiger partial charge in [0.15, 0.2) is 0 Å². The molecule has 1 unspecified atom stereocenters. The summed E-state index contributed by atoms with van der Waals surface area (Å²) in [6.07, 6.45) is -3.78. The zero-order valence-electron chi connectivity index (χ0n) is 9.28. The Bertz CT molecular complexity index is 420. The van der Waals surface area contributed by atoms with Crippen molar-refractivity contribution in [1.82, 2.24) is 0 Å². The van der Waals surface area contributed by atoms with Gasteiger partial charge in [-0.15, -0.1) is 0 Å². The molecule has 2 N–H and O–H groups in total. The van der Waals surface area contributed by atoms with E-state index in [2.05, 4.69) is 15.9 Å². The number of rotatable bonds is 3. The molecule has 1 rings (SSSR count). The average molecular weight is 314 g/mol. The van der Waals surface area contributed by atoms with E-state index in [1.807, 2.05) is 0 Å². The lowest BCUT2D eigenvalue weighted by molar-refractivity contribution is -0.144. The van der Waals surface area contributed by atoms with Gasteiger partial charge in [-0.05, 0) is 36.6 Å². The van der Waals surface area contributed by atoms with Gasteiger partial charge in [0.05, 0.1) is 0 Å². The first-order chi connectivity index (χ1) is 7.67. The van der Waals surface area contributed by atoms with Crippen molar-refractivity contribution in [3.05, 3.63) is 33.3 Å². The molecule has 1 atom stereocenters. The van der Waals surface area contributed by atoms with Crippen molar-refractivity contribution in [2.24, 2.45) is 5.73 Å². The van der Waals surface area contributed by atoms with Crippen molar-refractivity contribution in [1.29, 1.82) is 0 Å². The maximum absolute atomic E-state index is 13.2. The first-order valence-corrected chi connectivity index (χ1v) is 5.65. The van der Waals surface area contributed by atoms with Crippen molar-refractivity contribution in [3.8, 4) is 0 Å². The van der Waals surface area contributed by atoms with Crippen LogP contribution < -0.4 is 5.73 Å². The molecule has 17 heavy (non-hydrogen) atoms. The van der Waals surface area contributed by atoms with Gasteiger partial charge in [-0.2, -0.15) is 8.78 Å². The molecule has 0 amide bonds. The molecule has 0 saturated carbocycles. The molecule has 0 bridgehead atoms. The van der Waals surface area contributed by atoms with Crippen LogP contribution in [0.15, 0.2) is 16.6 Å². The molecule has 0 aliphatic rings. The number of benzene rings is 1. The van der Waals surface area contributed by atoms with Gasteiger partial charge in [0, 0.05) is 4.47 Å². The van der Waals surface area contributed by atoms with E-state index < -0.39 is 18.4 Å². The molecule has 1 aromatic carbocycles. The molecule has 0 saturated heterocycles. The maximum Gasteiger partial charge on any atom is 0.326 e. The van der Waals surface area contributed by atoms with E-state index in [0.29, 0.717) is 11.1 Å². The number of halogens is 5. The Balaban J connectivity index is 3.21. The second-order valence-electron chi connectivity index (χ2n) is 3.91. The predicted molar refractivity (Wildman–Crippen MR) is 61.5 cm³/mol. The molecule has 0 aliphatic carbocycles. The summed E-state index contributed by atoms with van der Waals surface area (Å²) in [6, 6.07) is 0.987. The Morgan fingerprint density at radius 2 is 1.71 bits per heavy atom. The molecular weight excluding hydrogens is 302 g/mol. The van der Waals surface area contributed by atoms with Gasteiger partial charge in [0.25, 0.3) is 0 Å². The Labute approximate surface area is 105 Å². The minimum absolute atomic E-state index is 0.0380. The molecule has 6 heteroatoms. The van der Waals surface area contributed by atoms with Crippen LogP contribution in [0.25, 0.3) is 0 Å². The summed E-state index contributed by atoms with van der Waals surface area (Å²) in [7, 11) is 0. The average Bonchev–Trinajstić information content (AvgIpc) is 2.22. The summed E-state index contributed by atoms with van der Waals surface area (Å²) >= 11 is 3.23. The molecular formula is C11H12BrF4N. The molecule has 0 radical (unpaired) electrons.